The van der Waals surface area contributed by atoms with E-state index in [2.05, 4.69) is 10.3 Å². The molecule has 1 N–H and O–H groups in total. The summed E-state index contributed by atoms with van der Waals surface area (Å²) in [4.78, 5) is 28.1. The van der Waals surface area contributed by atoms with Crippen LogP contribution in [0, 0.1) is 10.1 Å². The number of nitrogens with one attached hydrogen (secondary N) is 1. The minimum Gasteiger partial charge on any atom is -0.378 e. The average molecular weight is 266 g/mol. The maximum atomic E-state index is 12.3. The molecule has 1 aromatic rings. The summed E-state index contributed by atoms with van der Waals surface area (Å²) >= 11 is 0. The van der Waals surface area contributed by atoms with Crippen LogP contribution in [0.1, 0.15) is 10.4 Å². The molecule has 1 fully saturated rings. The van der Waals surface area contributed by atoms with Gasteiger partial charge in [0.25, 0.3) is 11.6 Å². The van der Waals surface area contributed by atoms with Gasteiger partial charge in [-0.3, -0.25) is 14.9 Å². The number of carbonyl (C=O) groups is 1. The van der Waals surface area contributed by atoms with E-state index in [-0.39, 0.29) is 17.2 Å². The van der Waals surface area contributed by atoms with Crippen molar-refractivity contribution in [1.29, 1.82) is 0 Å². The van der Waals surface area contributed by atoms with Crippen LogP contribution in [0.25, 0.3) is 0 Å². The van der Waals surface area contributed by atoms with Crippen LogP contribution in [0.2, 0.25) is 0 Å². The molecule has 0 aliphatic carbocycles. The van der Waals surface area contributed by atoms with Crippen LogP contribution in [0.5, 0.6) is 0 Å². The Labute approximate surface area is 109 Å². The number of ether oxygens (including phenoxy) is 1. The van der Waals surface area contributed by atoms with E-state index in [0.717, 1.165) is 6.20 Å². The molecular formula is C11H14N4O4. The lowest BCUT2D eigenvalue weighted by atomic mass is 10.2. The standard InChI is InChI=1S/C11H14N4O4/c1-12-10-6-8(9(7-13-10)15(17)18)11(16)14-2-4-19-5-3-14/h6-7H,2-5H2,1H3,(H,12,13). The number of anilines is 1. The zero-order chi connectivity index (χ0) is 13.8. The Kier molecular flexibility index (Phi) is 3.91. The van der Waals surface area contributed by atoms with Gasteiger partial charge in [0.1, 0.15) is 17.6 Å². The molecule has 19 heavy (non-hydrogen) atoms. The topological polar surface area (TPSA) is 97.6 Å². The van der Waals surface area contributed by atoms with Crippen molar-refractivity contribution in [3.8, 4) is 0 Å². The smallest absolute Gasteiger partial charge is 0.300 e. The van der Waals surface area contributed by atoms with Crippen LogP contribution < -0.4 is 5.32 Å². The molecule has 0 atom stereocenters. The largest absolute Gasteiger partial charge is 0.378 e. The van der Waals surface area contributed by atoms with Crippen molar-refractivity contribution < 1.29 is 14.5 Å². The molecule has 0 unspecified atom stereocenters. The number of amides is 1. The normalized spacial score (nSPS) is 15.1. The van der Waals surface area contributed by atoms with Crippen molar-refractivity contribution in [3.05, 3.63) is 27.9 Å². The molecule has 0 bridgehead atoms. The highest BCUT2D eigenvalue weighted by Gasteiger charge is 2.26. The number of pyridine rings is 1. The summed E-state index contributed by atoms with van der Waals surface area (Å²) in [6.07, 6.45) is 1.10. The molecule has 0 aromatic carbocycles. The molecule has 8 heteroatoms. The van der Waals surface area contributed by atoms with Crippen LogP contribution in [-0.2, 0) is 4.74 Å². The maximum absolute atomic E-state index is 12.3. The third kappa shape index (κ3) is 2.79. The van der Waals surface area contributed by atoms with Gasteiger partial charge in [-0.2, -0.15) is 0 Å². The Balaban J connectivity index is 2.34. The van der Waals surface area contributed by atoms with Crippen molar-refractivity contribution in [2.24, 2.45) is 0 Å². The van der Waals surface area contributed by atoms with Gasteiger partial charge in [-0.1, -0.05) is 0 Å². The van der Waals surface area contributed by atoms with E-state index >= 15 is 0 Å². The van der Waals surface area contributed by atoms with E-state index in [1.807, 2.05) is 0 Å². The lowest BCUT2D eigenvalue weighted by molar-refractivity contribution is -0.385. The number of nitrogens with zero attached hydrogens (tertiary/aromatic N) is 3. The second-order valence-corrected chi connectivity index (χ2v) is 4.00. The van der Waals surface area contributed by atoms with E-state index in [1.165, 1.54) is 6.07 Å². The van der Waals surface area contributed by atoms with Crippen LogP contribution in [0.15, 0.2) is 12.3 Å². The van der Waals surface area contributed by atoms with Crippen LogP contribution in [0.4, 0.5) is 11.5 Å². The second-order valence-electron chi connectivity index (χ2n) is 4.00. The minimum absolute atomic E-state index is 0.0475. The summed E-state index contributed by atoms with van der Waals surface area (Å²) in [5, 5.41) is 13.7. The summed E-state index contributed by atoms with van der Waals surface area (Å²) in [7, 11) is 1.64. The van der Waals surface area contributed by atoms with E-state index in [0.29, 0.717) is 32.1 Å². The SMILES string of the molecule is CNc1cc(C(=O)N2CCOCC2)c([N+](=O)[O-])cn1. The number of hydrogen-bond donors (Lipinski definition) is 1. The van der Waals surface area contributed by atoms with Crippen molar-refractivity contribution in [2.75, 3.05) is 38.7 Å². The predicted molar refractivity (Wildman–Crippen MR) is 67.2 cm³/mol. The summed E-state index contributed by atoms with van der Waals surface area (Å²) < 4.78 is 5.16. The van der Waals surface area contributed by atoms with Crippen molar-refractivity contribution in [1.82, 2.24) is 9.88 Å². The van der Waals surface area contributed by atoms with Crippen molar-refractivity contribution in [3.63, 3.8) is 0 Å². The second kappa shape index (κ2) is 5.61. The zero-order valence-electron chi connectivity index (χ0n) is 10.5. The zero-order valence-corrected chi connectivity index (χ0v) is 10.5. The summed E-state index contributed by atoms with van der Waals surface area (Å²) in [5.74, 6) is 0.0520. The number of rotatable bonds is 3. The van der Waals surface area contributed by atoms with Gasteiger partial charge in [-0.05, 0) is 0 Å². The molecule has 1 saturated heterocycles. The summed E-state index contributed by atoms with van der Waals surface area (Å²) in [5.41, 5.74) is -0.234. The summed E-state index contributed by atoms with van der Waals surface area (Å²) in [6.45, 7) is 1.77. The molecular weight excluding hydrogens is 252 g/mol. The van der Waals surface area contributed by atoms with Gasteiger partial charge in [0.2, 0.25) is 0 Å². The third-order valence-electron chi connectivity index (χ3n) is 2.86. The number of aromatic nitrogens is 1. The molecule has 0 radical (unpaired) electrons. The highest BCUT2D eigenvalue weighted by Crippen LogP contribution is 2.22. The lowest BCUT2D eigenvalue weighted by Gasteiger charge is -2.26. The number of hydrogen-bond acceptors (Lipinski definition) is 6. The molecule has 1 aliphatic rings. The molecule has 102 valence electrons. The van der Waals surface area contributed by atoms with Gasteiger partial charge >= 0.3 is 0 Å². The molecule has 2 rings (SSSR count). The Morgan fingerprint density at radius 3 is 2.79 bits per heavy atom. The fraction of sp³-hybridized carbons (Fsp3) is 0.455. The molecule has 1 amide bonds. The Morgan fingerprint density at radius 2 is 2.21 bits per heavy atom. The van der Waals surface area contributed by atoms with Crippen LogP contribution in [0.3, 0.4) is 0 Å². The van der Waals surface area contributed by atoms with Crippen molar-refractivity contribution in [2.45, 2.75) is 0 Å². The molecule has 1 aromatic heterocycles. The fourth-order valence-corrected chi connectivity index (χ4v) is 1.84. The van der Waals surface area contributed by atoms with E-state index in [9.17, 15) is 14.9 Å². The first-order chi connectivity index (χ1) is 9.13. The number of nitro groups is 1. The van der Waals surface area contributed by atoms with E-state index in [4.69, 9.17) is 4.74 Å². The van der Waals surface area contributed by atoms with Gasteiger partial charge in [-0.25, -0.2) is 4.98 Å². The minimum atomic E-state index is -0.597. The summed E-state index contributed by atoms with van der Waals surface area (Å²) in [6, 6.07) is 1.40. The monoisotopic (exact) mass is 266 g/mol. The third-order valence-corrected chi connectivity index (χ3v) is 2.86. The maximum Gasteiger partial charge on any atom is 0.300 e. The van der Waals surface area contributed by atoms with Crippen molar-refractivity contribution >= 4 is 17.4 Å². The van der Waals surface area contributed by atoms with Gasteiger partial charge in [0.15, 0.2) is 0 Å². The lowest BCUT2D eigenvalue weighted by Crippen LogP contribution is -2.40. The highest BCUT2D eigenvalue weighted by molar-refractivity contribution is 5.98. The molecule has 0 spiro atoms. The quantitative estimate of drug-likeness (QED) is 0.632. The Morgan fingerprint density at radius 1 is 1.53 bits per heavy atom. The van der Waals surface area contributed by atoms with Gasteiger partial charge in [0, 0.05) is 26.2 Å². The van der Waals surface area contributed by atoms with Crippen LogP contribution >= 0.6 is 0 Å². The first kappa shape index (κ1) is 13.2. The molecule has 8 nitrogen and oxygen atoms in total. The predicted octanol–water partition coefficient (Wildman–Crippen LogP) is 0.504. The number of morpholine rings is 1. The number of carbonyl (C=O) groups excluding carboxylic acids is 1. The Bertz CT molecular complexity index is 499. The average Bonchev–Trinajstić information content (AvgIpc) is 2.46. The molecule has 0 saturated carbocycles. The van der Waals surface area contributed by atoms with Gasteiger partial charge in [0.05, 0.1) is 18.1 Å². The molecule has 1 aliphatic heterocycles. The van der Waals surface area contributed by atoms with Crippen LogP contribution in [-0.4, -0.2) is 54.1 Å². The highest BCUT2D eigenvalue weighted by atomic mass is 16.6. The Hall–Kier alpha value is -2.22. The van der Waals surface area contributed by atoms with Gasteiger partial charge in [-0.15, -0.1) is 0 Å². The first-order valence-corrected chi connectivity index (χ1v) is 5.82. The van der Waals surface area contributed by atoms with Gasteiger partial charge < -0.3 is 15.0 Å². The van der Waals surface area contributed by atoms with E-state index < -0.39 is 4.92 Å². The van der Waals surface area contributed by atoms with E-state index in [1.54, 1.807) is 11.9 Å². The fourth-order valence-electron chi connectivity index (χ4n) is 1.84. The molecule has 2 heterocycles. The first-order valence-electron chi connectivity index (χ1n) is 5.82.